The van der Waals surface area contributed by atoms with Crippen LogP contribution in [0.25, 0.3) is 0 Å². The first-order valence-corrected chi connectivity index (χ1v) is 8.32. The van der Waals surface area contributed by atoms with Crippen molar-refractivity contribution in [2.24, 2.45) is 5.92 Å². The van der Waals surface area contributed by atoms with Crippen LogP contribution in [0.3, 0.4) is 0 Å². The Hall–Kier alpha value is -3.48. The molecule has 1 amide bonds. The van der Waals surface area contributed by atoms with Gasteiger partial charge in [0.1, 0.15) is 6.29 Å². The minimum Gasteiger partial charge on any atom is -0.478 e. The largest absolute Gasteiger partial charge is 0.478 e. The summed E-state index contributed by atoms with van der Waals surface area (Å²) in [5.41, 5.74) is 3.21. The normalized spacial score (nSPS) is 11.3. The number of carbonyl (C=O) groups is 4. The number of hydroxylamine groups is 1. The van der Waals surface area contributed by atoms with E-state index in [9.17, 15) is 19.2 Å². The molecule has 0 saturated carbocycles. The third-order valence-electron chi connectivity index (χ3n) is 3.87. The first kappa shape index (κ1) is 19.8. The van der Waals surface area contributed by atoms with E-state index in [1.54, 1.807) is 42.5 Å². The lowest BCUT2D eigenvalue weighted by Gasteiger charge is -2.11. The maximum absolute atomic E-state index is 11.8. The van der Waals surface area contributed by atoms with Gasteiger partial charge in [-0.15, -0.1) is 0 Å². The van der Waals surface area contributed by atoms with Crippen molar-refractivity contribution in [3.63, 3.8) is 0 Å². The lowest BCUT2D eigenvalue weighted by atomic mass is 9.95. The van der Waals surface area contributed by atoms with Gasteiger partial charge in [0.05, 0.1) is 11.1 Å². The third kappa shape index (κ3) is 6.39. The van der Waals surface area contributed by atoms with Crippen LogP contribution in [0.4, 0.5) is 0 Å². The van der Waals surface area contributed by atoms with Gasteiger partial charge in [0, 0.05) is 12.3 Å². The summed E-state index contributed by atoms with van der Waals surface area (Å²) in [7, 11) is 0. The summed E-state index contributed by atoms with van der Waals surface area (Å²) in [6.07, 6.45) is 1.29. The van der Waals surface area contributed by atoms with Crippen LogP contribution in [0.5, 0.6) is 0 Å². The van der Waals surface area contributed by atoms with E-state index in [1.165, 1.54) is 12.1 Å². The smallest absolute Gasteiger partial charge is 0.362 e. The molecule has 7 heteroatoms. The Balaban J connectivity index is 1.80. The maximum Gasteiger partial charge on any atom is 0.362 e. The number of hydrogen-bond donors (Lipinski definition) is 2. The van der Waals surface area contributed by atoms with Crippen LogP contribution in [-0.4, -0.2) is 29.2 Å². The molecule has 0 saturated heterocycles. The monoisotopic (exact) mass is 369 g/mol. The van der Waals surface area contributed by atoms with Crippen molar-refractivity contribution >= 4 is 24.1 Å². The summed E-state index contributed by atoms with van der Waals surface area (Å²) < 4.78 is 0. The number of carboxylic acid groups (broad SMARTS) is 1. The van der Waals surface area contributed by atoms with Crippen molar-refractivity contribution in [1.82, 2.24) is 5.48 Å². The highest BCUT2D eigenvalue weighted by Gasteiger charge is 2.14. The molecular weight excluding hydrogens is 350 g/mol. The highest BCUT2D eigenvalue weighted by molar-refractivity contribution is 5.90. The van der Waals surface area contributed by atoms with Crippen LogP contribution in [0.15, 0.2) is 54.6 Å². The highest BCUT2D eigenvalue weighted by atomic mass is 16.7. The van der Waals surface area contributed by atoms with Crippen LogP contribution >= 0.6 is 0 Å². The van der Waals surface area contributed by atoms with Crippen LogP contribution in [0, 0.1) is 5.92 Å². The minimum absolute atomic E-state index is 0.00982. The molecule has 0 heterocycles. The van der Waals surface area contributed by atoms with E-state index >= 15 is 0 Å². The van der Waals surface area contributed by atoms with Crippen LogP contribution in [-0.2, 0) is 20.8 Å². The van der Waals surface area contributed by atoms with Gasteiger partial charge in [0.15, 0.2) is 0 Å². The van der Waals surface area contributed by atoms with E-state index in [0.29, 0.717) is 17.5 Å². The van der Waals surface area contributed by atoms with Gasteiger partial charge in [-0.05, 0) is 42.7 Å². The molecule has 0 fully saturated rings. The van der Waals surface area contributed by atoms with Gasteiger partial charge in [-0.25, -0.2) is 9.59 Å². The molecule has 0 aliphatic heterocycles. The van der Waals surface area contributed by atoms with Crippen molar-refractivity contribution in [3.8, 4) is 0 Å². The molecular formula is C20H19NO6. The van der Waals surface area contributed by atoms with Crippen LogP contribution < -0.4 is 5.48 Å². The predicted octanol–water partition coefficient (Wildman–Crippen LogP) is 2.41. The quantitative estimate of drug-likeness (QED) is 0.546. The van der Waals surface area contributed by atoms with Crippen LogP contribution in [0.2, 0.25) is 0 Å². The fourth-order valence-electron chi connectivity index (χ4n) is 2.46. The highest BCUT2D eigenvalue weighted by Crippen LogP contribution is 2.14. The molecule has 0 radical (unpaired) electrons. The summed E-state index contributed by atoms with van der Waals surface area (Å²) in [6.45, 7) is 0. The number of hydrogen-bond acceptors (Lipinski definition) is 5. The average Bonchev–Trinajstić information content (AvgIpc) is 2.70. The van der Waals surface area contributed by atoms with Gasteiger partial charge >= 0.3 is 11.9 Å². The van der Waals surface area contributed by atoms with Crippen molar-refractivity contribution in [2.75, 3.05) is 0 Å². The molecule has 2 aromatic carbocycles. The van der Waals surface area contributed by atoms with Crippen molar-refractivity contribution < 1.29 is 29.1 Å². The molecule has 2 N–H and O–H groups in total. The van der Waals surface area contributed by atoms with Crippen LogP contribution in [0.1, 0.15) is 39.1 Å². The first-order valence-electron chi connectivity index (χ1n) is 8.32. The minimum atomic E-state index is -1.04. The van der Waals surface area contributed by atoms with E-state index in [2.05, 4.69) is 5.48 Å². The Labute approximate surface area is 155 Å². The van der Waals surface area contributed by atoms with E-state index in [0.717, 1.165) is 6.29 Å². The van der Waals surface area contributed by atoms with Crippen molar-refractivity contribution in [2.45, 2.75) is 19.3 Å². The fourth-order valence-corrected chi connectivity index (χ4v) is 2.46. The molecule has 27 heavy (non-hydrogen) atoms. The number of aldehydes is 1. The fraction of sp³-hybridized carbons (Fsp3) is 0.200. The molecule has 140 valence electrons. The molecule has 0 spiro atoms. The third-order valence-corrected chi connectivity index (χ3v) is 3.87. The molecule has 1 atom stereocenters. The number of amides is 1. The van der Waals surface area contributed by atoms with E-state index in [4.69, 9.17) is 9.94 Å². The molecule has 0 aliphatic rings. The SMILES string of the molecule is O=CC(CCC(=O)NOC(=O)c1ccccc1)Cc1cccc(C(=O)O)c1. The summed E-state index contributed by atoms with van der Waals surface area (Å²) in [5.74, 6) is -2.70. The number of benzene rings is 2. The Morgan fingerprint density at radius 1 is 1.04 bits per heavy atom. The lowest BCUT2D eigenvalue weighted by Crippen LogP contribution is -2.27. The zero-order valence-electron chi connectivity index (χ0n) is 14.5. The Bertz CT molecular complexity index is 818. The molecule has 0 bridgehead atoms. The number of nitrogens with one attached hydrogen (secondary N) is 1. The molecule has 7 nitrogen and oxygen atoms in total. The van der Waals surface area contributed by atoms with Gasteiger partial charge in [-0.3, -0.25) is 4.79 Å². The molecule has 0 aromatic heterocycles. The lowest BCUT2D eigenvalue weighted by molar-refractivity contribution is -0.130. The molecule has 2 rings (SSSR count). The zero-order valence-corrected chi connectivity index (χ0v) is 14.5. The molecule has 2 aromatic rings. The van der Waals surface area contributed by atoms with Gasteiger partial charge in [0.25, 0.3) is 5.91 Å². The van der Waals surface area contributed by atoms with Gasteiger partial charge < -0.3 is 14.7 Å². The second-order valence-corrected chi connectivity index (χ2v) is 5.93. The number of aromatic carboxylic acids is 1. The Morgan fingerprint density at radius 2 is 1.74 bits per heavy atom. The van der Waals surface area contributed by atoms with Gasteiger partial charge in [0.2, 0.25) is 0 Å². The standard InChI is InChI=1S/C20H19NO6/c22-13-15(11-14-5-4-8-17(12-14)19(24)25)9-10-18(23)21-27-20(26)16-6-2-1-3-7-16/h1-8,12-13,15H,9-11H2,(H,21,23)(H,24,25). The van der Waals surface area contributed by atoms with E-state index < -0.39 is 23.8 Å². The molecule has 0 aliphatic carbocycles. The predicted molar refractivity (Wildman–Crippen MR) is 95.9 cm³/mol. The summed E-state index contributed by atoms with van der Waals surface area (Å²) >= 11 is 0. The Morgan fingerprint density at radius 3 is 2.41 bits per heavy atom. The van der Waals surface area contributed by atoms with E-state index in [-0.39, 0.29) is 18.4 Å². The number of rotatable bonds is 8. The van der Waals surface area contributed by atoms with E-state index in [1.807, 2.05) is 0 Å². The number of carboxylic acids is 1. The van der Waals surface area contributed by atoms with Gasteiger partial charge in [-0.2, -0.15) is 5.48 Å². The maximum atomic E-state index is 11.8. The summed E-state index contributed by atoms with van der Waals surface area (Å²) in [5, 5.41) is 9.00. The summed E-state index contributed by atoms with van der Waals surface area (Å²) in [6, 6.07) is 14.5. The zero-order chi connectivity index (χ0) is 19.6. The summed E-state index contributed by atoms with van der Waals surface area (Å²) in [4.78, 5) is 50.5. The van der Waals surface area contributed by atoms with Crippen molar-refractivity contribution in [3.05, 3.63) is 71.3 Å². The van der Waals surface area contributed by atoms with Crippen molar-refractivity contribution in [1.29, 1.82) is 0 Å². The first-order chi connectivity index (χ1) is 13.0. The second-order valence-electron chi connectivity index (χ2n) is 5.93. The molecule has 1 unspecified atom stereocenters. The Kier molecular flexibility index (Phi) is 7.25. The van der Waals surface area contributed by atoms with Gasteiger partial charge in [-0.1, -0.05) is 30.3 Å². The number of carbonyl (C=O) groups excluding carboxylic acids is 3. The second kappa shape index (κ2) is 9.86. The average molecular weight is 369 g/mol. The topological polar surface area (TPSA) is 110 Å².